The summed E-state index contributed by atoms with van der Waals surface area (Å²) in [7, 11) is 1.57. The van der Waals surface area contributed by atoms with Gasteiger partial charge in [-0.15, -0.1) is 0 Å². The van der Waals surface area contributed by atoms with Gasteiger partial charge in [-0.3, -0.25) is 4.90 Å². The van der Waals surface area contributed by atoms with Gasteiger partial charge in [0.1, 0.15) is 0 Å². The Hall–Kier alpha value is -3.72. The maximum atomic E-state index is 12.7. The van der Waals surface area contributed by atoms with E-state index in [1.165, 1.54) is 17.0 Å². The van der Waals surface area contributed by atoms with Crippen LogP contribution in [0.1, 0.15) is 16.7 Å². The number of rotatable bonds is 2. The topological polar surface area (TPSA) is 32.3 Å². The van der Waals surface area contributed by atoms with Crippen LogP contribution in [0.2, 0.25) is 0 Å². The number of anilines is 2. The molecule has 0 unspecified atom stereocenters. The van der Waals surface area contributed by atoms with Crippen LogP contribution in [0.3, 0.4) is 0 Å². The van der Waals surface area contributed by atoms with Crippen molar-refractivity contribution in [1.29, 1.82) is 0 Å². The lowest BCUT2D eigenvalue weighted by Crippen LogP contribution is -2.31. The molecule has 3 aromatic carbocycles. The second-order valence-electron chi connectivity index (χ2n) is 6.20. The Morgan fingerprint density at radius 3 is 2.14 bits per heavy atom. The van der Waals surface area contributed by atoms with Crippen LogP contribution in [0.15, 0.2) is 78.9 Å². The van der Waals surface area contributed by atoms with E-state index in [1.54, 1.807) is 25.2 Å². The van der Waals surface area contributed by atoms with E-state index >= 15 is 0 Å². The lowest BCUT2D eigenvalue weighted by Gasteiger charge is -2.19. The van der Waals surface area contributed by atoms with E-state index in [2.05, 4.69) is 17.2 Å². The summed E-state index contributed by atoms with van der Waals surface area (Å²) in [5.74, 6) is 6.11. The van der Waals surface area contributed by atoms with Gasteiger partial charge in [-0.05, 0) is 48.5 Å². The number of hydrogen-bond donors (Lipinski definition) is 1. The molecular weight excluding hydrogens is 377 g/mol. The van der Waals surface area contributed by atoms with Gasteiger partial charge in [0, 0.05) is 23.9 Å². The van der Waals surface area contributed by atoms with Crippen molar-refractivity contribution in [1.82, 2.24) is 0 Å². The minimum absolute atomic E-state index is 0.266. The van der Waals surface area contributed by atoms with E-state index in [4.69, 9.17) is 0 Å². The van der Waals surface area contributed by atoms with Crippen LogP contribution in [-0.2, 0) is 6.18 Å². The Balaban J connectivity index is 1.77. The molecule has 0 heterocycles. The molecule has 0 atom stereocenters. The molecule has 0 fully saturated rings. The first-order valence-corrected chi connectivity index (χ1v) is 8.72. The van der Waals surface area contributed by atoms with Crippen molar-refractivity contribution in [3.63, 3.8) is 0 Å². The zero-order valence-electron chi connectivity index (χ0n) is 15.5. The lowest BCUT2D eigenvalue weighted by atomic mass is 10.1. The quantitative estimate of drug-likeness (QED) is 0.550. The maximum Gasteiger partial charge on any atom is 0.416 e. The fraction of sp³-hybridized carbons (Fsp3) is 0.0870. The molecule has 0 aliphatic carbocycles. The smallest absolute Gasteiger partial charge is 0.308 e. The van der Waals surface area contributed by atoms with Gasteiger partial charge in [-0.25, -0.2) is 4.79 Å². The minimum Gasteiger partial charge on any atom is -0.308 e. The van der Waals surface area contributed by atoms with Gasteiger partial charge >= 0.3 is 12.2 Å². The van der Waals surface area contributed by atoms with Crippen molar-refractivity contribution in [3.8, 4) is 11.8 Å². The van der Waals surface area contributed by atoms with Crippen LogP contribution >= 0.6 is 0 Å². The van der Waals surface area contributed by atoms with Gasteiger partial charge < -0.3 is 5.32 Å². The Kier molecular flexibility index (Phi) is 5.89. The highest BCUT2D eigenvalue weighted by atomic mass is 19.4. The Morgan fingerprint density at radius 2 is 1.48 bits per heavy atom. The summed E-state index contributed by atoms with van der Waals surface area (Å²) >= 11 is 0. The molecule has 3 rings (SSSR count). The van der Waals surface area contributed by atoms with Crippen molar-refractivity contribution in [2.45, 2.75) is 6.18 Å². The normalized spacial score (nSPS) is 10.6. The summed E-state index contributed by atoms with van der Waals surface area (Å²) in [6, 6.07) is 20.4. The maximum absolute atomic E-state index is 12.7. The van der Waals surface area contributed by atoms with Gasteiger partial charge in [0.05, 0.1) is 11.3 Å². The van der Waals surface area contributed by atoms with Gasteiger partial charge in [0.15, 0.2) is 0 Å². The number of nitrogens with one attached hydrogen (secondary N) is 1. The van der Waals surface area contributed by atoms with E-state index in [9.17, 15) is 18.0 Å². The number of nitrogens with zero attached hydrogens (tertiary/aromatic N) is 1. The van der Waals surface area contributed by atoms with Crippen molar-refractivity contribution >= 4 is 17.4 Å². The van der Waals surface area contributed by atoms with Crippen LogP contribution in [-0.4, -0.2) is 13.1 Å². The van der Waals surface area contributed by atoms with Crippen molar-refractivity contribution < 1.29 is 18.0 Å². The molecule has 0 saturated carbocycles. The number of alkyl halides is 3. The lowest BCUT2D eigenvalue weighted by molar-refractivity contribution is -0.137. The van der Waals surface area contributed by atoms with E-state index in [0.717, 1.165) is 17.7 Å². The zero-order valence-corrected chi connectivity index (χ0v) is 15.5. The SMILES string of the molecule is CN(C(=O)Nc1ccc(C(F)(F)F)cc1)c1ccccc1C#Cc1ccccc1. The Morgan fingerprint density at radius 1 is 0.862 bits per heavy atom. The molecule has 3 nitrogen and oxygen atoms in total. The first-order valence-electron chi connectivity index (χ1n) is 8.72. The molecule has 3 aromatic rings. The highest BCUT2D eigenvalue weighted by Gasteiger charge is 2.30. The number of carbonyl (C=O) groups is 1. The fourth-order valence-electron chi connectivity index (χ4n) is 2.59. The summed E-state index contributed by atoms with van der Waals surface area (Å²) in [6.07, 6.45) is -4.42. The highest BCUT2D eigenvalue weighted by Crippen LogP contribution is 2.30. The summed E-state index contributed by atoms with van der Waals surface area (Å²) in [4.78, 5) is 13.9. The van der Waals surface area contributed by atoms with Crippen LogP contribution in [0, 0.1) is 11.8 Å². The second-order valence-corrected chi connectivity index (χ2v) is 6.20. The van der Waals surface area contributed by atoms with Crippen LogP contribution in [0.4, 0.5) is 29.3 Å². The average Bonchev–Trinajstić information content (AvgIpc) is 2.72. The molecule has 0 saturated heterocycles. The first kappa shape index (κ1) is 20.0. The van der Waals surface area contributed by atoms with Gasteiger partial charge in [-0.2, -0.15) is 13.2 Å². The molecular formula is C23H17F3N2O. The third-order valence-corrected chi connectivity index (χ3v) is 4.15. The number of carbonyl (C=O) groups excluding carboxylic acids is 1. The third kappa shape index (κ3) is 5.17. The van der Waals surface area contributed by atoms with Crippen molar-refractivity contribution in [3.05, 3.63) is 95.6 Å². The minimum atomic E-state index is -4.42. The Bertz CT molecular complexity index is 1050. The number of benzene rings is 3. The molecule has 146 valence electrons. The number of para-hydroxylation sites is 1. The van der Waals surface area contributed by atoms with Crippen molar-refractivity contribution in [2.24, 2.45) is 0 Å². The summed E-state index contributed by atoms with van der Waals surface area (Å²) in [5.41, 5.74) is 1.58. The number of hydrogen-bond acceptors (Lipinski definition) is 1. The van der Waals surface area contributed by atoms with E-state index < -0.39 is 17.8 Å². The molecule has 0 aliphatic heterocycles. The van der Waals surface area contributed by atoms with Gasteiger partial charge in [0.2, 0.25) is 0 Å². The predicted molar refractivity (Wildman–Crippen MR) is 108 cm³/mol. The Labute approximate surface area is 166 Å². The molecule has 29 heavy (non-hydrogen) atoms. The largest absolute Gasteiger partial charge is 0.416 e. The molecule has 0 spiro atoms. The molecule has 0 bridgehead atoms. The zero-order chi connectivity index (χ0) is 20.9. The summed E-state index contributed by atoms with van der Waals surface area (Å²) < 4.78 is 38.0. The van der Waals surface area contributed by atoms with Crippen LogP contribution < -0.4 is 10.2 Å². The summed E-state index contributed by atoms with van der Waals surface area (Å²) in [6.45, 7) is 0. The first-order chi connectivity index (χ1) is 13.8. The average molecular weight is 394 g/mol. The number of amides is 2. The molecule has 1 N–H and O–H groups in total. The van der Waals surface area contributed by atoms with Gasteiger partial charge in [0.25, 0.3) is 0 Å². The van der Waals surface area contributed by atoms with Crippen molar-refractivity contribution in [2.75, 3.05) is 17.3 Å². The van der Waals surface area contributed by atoms with E-state index in [1.807, 2.05) is 36.4 Å². The molecule has 6 heteroatoms. The predicted octanol–water partition coefficient (Wildman–Crippen LogP) is 5.77. The molecule has 2 amide bonds. The number of urea groups is 1. The molecule has 0 aliphatic rings. The standard InChI is InChI=1S/C23H17F3N2O/c1-28(22(29)27-20-15-13-19(14-16-20)23(24,25)26)21-10-6-5-9-18(21)12-11-17-7-3-2-4-8-17/h2-10,13-16H,1H3,(H,27,29). The molecule has 0 radical (unpaired) electrons. The fourth-order valence-corrected chi connectivity index (χ4v) is 2.59. The van der Waals surface area contributed by atoms with Crippen LogP contribution in [0.5, 0.6) is 0 Å². The number of halogens is 3. The van der Waals surface area contributed by atoms with Gasteiger partial charge in [-0.1, -0.05) is 42.2 Å². The summed E-state index contributed by atoms with van der Waals surface area (Å²) in [5, 5.41) is 2.59. The monoisotopic (exact) mass is 394 g/mol. The highest BCUT2D eigenvalue weighted by molar-refractivity contribution is 6.02. The molecule has 0 aromatic heterocycles. The second kappa shape index (κ2) is 8.53. The third-order valence-electron chi connectivity index (χ3n) is 4.15. The van der Waals surface area contributed by atoms with E-state index in [-0.39, 0.29) is 5.69 Å². The van der Waals surface area contributed by atoms with E-state index in [0.29, 0.717) is 11.3 Å². The van der Waals surface area contributed by atoms with Crippen LogP contribution in [0.25, 0.3) is 0 Å².